The minimum atomic E-state index is -0.578. The van der Waals surface area contributed by atoms with E-state index in [0.717, 1.165) is 0 Å². The number of oxazole rings is 1. The van der Waals surface area contributed by atoms with Crippen LogP contribution < -0.4 is 5.73 Å². The molecular weight excluding hydrogens is 299 g/mol. The summed E-state index contributed by atoms with van der Waals surface area (Å²) in [6.07, 6.45) is 0. The van der Waals surface area contributed by atoms with Gasteiger partial charge in [0.2, 0.25) is 11.8 Å². The number of primary amides is 1. The van der Waals surface area contributed by atoms with Crippen LogP contribution in [0, 0.1) is 0 Å². The van der Waals surface area contributed by atoms with Crippen LogP contribution in [0.2, 0.25) is 10.0 Å². The van der Waals surface area contributed by atoms with Crippen molar-refractivity contribution in [3.05, 3.63) is 52.0 Å². The summed E-state index contributed by atoms with van der Waals surface area (Å²) >= 11 is 11.9. The number of hydrogen-bond acceptors (Lipinski definition) is 3. The average Bonchev–Trinajstić information content (AvgIpc) is 2.81. The van der Waals surface area contributed by atoms with Crippen molar-refractivity contribution in [1.82, 2.24) is 4.98 Å². The molecule has 0 aliphatic heterocycles. The summed E-state index contributed by atoms with van der Waals surface area (Å²) in [7, 11) is 0. The van der Waals surface area contributed by atoms with Gasteiger partial charge in [-0.15, -0.1) is 0 Å². The highest BCUT2D eigenvalue weighted by molar-refractivity contribution is 6.34. The maximum atomic E-state index is 11.1. The van der Waals surface area contributed by atoms with E-state index < -0.39 is 5.91 Å². The van der Waals surface area contributed by atoms with Gasteiger partial charge in [0.15, 0.2) is 5.58 Å². The second-order valence-electron chi connectivity index (χ2n) is 4.19. The largest absolute Gasteiger partial charge is 0.436 e. The fourth-order valence-electron chi connectivity index (χ4n) is 1.87. The number of nitrogens with two attached hydrogens (primary N) is 1. The number of amides is 1. The maximum absolute atomic E-state index is 11.1. The van der Waals surface area contributed by atoms with E-state index in [0.29, 0.717) is 27.6 Å². The van der Waals surface area contributed by atoms with Crippen LogP contribution in [0.15, 0.2) is 40.8 Å². The molecule has 0 spiro atoms. The van der Waals surface area contributed by atoms with E-state index in [2.05, 4.69) is 4.98 Å². The lowest BCUT2D eigenvalue weighted by atomic mass is 10.1. The number of carbonyl (C=O) groups is 1. The average molecular weight is 307 g/mol. The number of rotatable bonds is 2. The van der Waals surface area contributed by atoms with Gasteiger partial charge in [0, 0.05) is 10.6 Å². The number of fused-ring (bicyclic) bond motifs is 1. The SMILES string of the molecule is NC(=O)c1ccc(-c2nc3cc(Cl)ccc3o2)cc1Cl. The van der Waals surface area contributed by atoms with E-state index >= 15 is 0 Å². The Bertz CT molecular complexity index is 827. The van der Waals surface area contributed by atoms with Crippen LogP contribution in [-0.4, -0.2) is 10.9 Å². The lowest BCUT2D eigenvalue weighted by Gasteiger charge is -2.01. The summed E-state index contributed by atoms with van der Waals surface area (Å²) in [6, 6.07) is 9.99. The van der Waals surface area contributed by atoms with Crippen LogP contribution in [0.1, 0.15) is 10.4 Å². The van der Waals surface area contributed by atoms with Crippen molar-refractivity contribution in [2.45, 2.75) is 0 Å². The zero-order valence-electron chi connectivity index (χ0n) is 10.1. The molecule has 0 saturated heterocycles. The second kappa shape index (κ2) is 4.81. The zero-order valence-corrected chi connectivity index (χ0v) is 11.6. The van der Waals surface area contributed by atoms with Gasteiger partial charge in [0.1, 0.15) is 5.52 Å². The number of carbonyl (C=O) groups excluding carboxylic acids is 1. The van der Waals surface area contributed by atoms with Crippen molar-refractivity contribution in [3.8, 4) is 11.5 Å². The summed E-state index contributed by atoms with van der Waals surface area (Å²) in [4.78, 5) is 15.5. The lowest BCUT2D eigenvalue weighted by molar-refractivity contribution is 0.100. The molecule has 0 bridgehead atoms. The predicted molar refractivity (Wildman–Crippen MR) is 78.0 cm³/mol. The summed E-state index contributed by atoms with van der Waals surface area (Å²) < 4.78 is 5.62. The first kappa shape index (κ1) is 13.0. The van der Waals surface area contributed by atoms with Crippen molar-refractivity contribution >= 4 is 40.2 Å². The van der Waals surface area contributed by atoms with Gasteiger partial charge < -0.3 is 10.2 Å². The van der Waals surface area contributed by atoms with Gasteiger partial charge in [0.25, 0.3) is 0 Å². The first-order chi connectivity index (χ1) is 9.54. The van der Waals surface area contributed by atoms with Crippen molar-refractivity contribution < 1.29 is 9.21 Å². The molecule has 100 valence electrons. The van der Waals surface area contributed by atoms with E-state index in [1.807, 2.05) is 0 Å². The van der Waals surface area contributed by atoms with Crippen LogP contribution in [0.25, 0.3) is 22.6 Å². The van der Waals surface area contributed by atoms with Gasteiger partial charge in [-0.3, -0.25) is 4.79 Å². The monoisotopic (exact) mass is 306 g/mol. The van der Waals surface area contributed by atoms with Crippen molar-refractivity contribution in [2.24, 2.45) is 5.73 Å². The number of halogens is 2. The number of hydrogen-bond donors (Lipinski definition) is 1. The Kier molecular flexibility index (Phi) is 3.12. The summed E-state index contributed by atoms with van der Waals surface area (Å²) in [6.45, 7) is 0. The fraction of sp³-hybridized carbons (Fsp3) is 0. The van der Waals surface area contributed by atoms with Gasteiger partial charge in [-0.2, -0.15) is 0 Å². The highest BCUT2D eigenvalue weighted by Gasteiger charge is 2.12. The summed E-state index contributed by atoms with van der Waals surface area (Å²) in [5.74, 6) is -0.175. The van der Waals surface area contributed by atoms with Crippen LogP contribution in [-0.2, 0) is 0 Å². The molecule has 0 atom stereocenters. The molecule has 3 aromatic rings. The van der Waals surface area contributed by atoms with Gasteiger partial charge in [0.05, 0.1) is 10.6 Å². The maximum Gasteiger partial charge on any atom is 0.250 e. The molecule has 0 fully saturated rings. The highest BCUT2D eigenvalue weighted by Crippen LogP contribution is 2.29. The van der Waals surface area contributed by atoms with Crippen LogP contribution in [0.4, 0.5) is 0 Å². The molecule has 1 amide bonds. The minimum Gasteiger partial charge on any atom is -0.436 e. The normalized spacial score (nSPS) is 10.9. The van der Waals surface area contributed by atoms with Crippen molar-refractivity contribution in [2.75, 3.05) is 0 Å². The van der Waals surface area contributed by atoms with E-state index in [1.165, 1.54) is 0 Å². The Morgan fingerprint density at radius 1 is 1.15 bits per heavy atom. The summed E-state index contributed by atoms with van der Waals surface area (Å²) in [5, 5.41) is 0.842. The smallest absolute Gasteiger partial charge is 0.250 e. The first-order valence-corrected chi connectivity index (χ1v) is 6.46. The molecule has 3 rings (SSSR count). The third kappa shape index (κ3) is 2.24. The van der Waals surface area contributed by atoms with Crippen molar-refractivity contribution in [1.29, 1.82) is 0 Å². The van der Waals surface area contributed by atoms with E-state index in [4.69, 9.17) is 33.4 Å². The molecule has 2 N–H and O–H groups in total. The molecule has 20 heavy (non-hydrogen) atoms. The van der Waals surface area contributed by atoms with Gasteiger partial charge in [-0.25, -0.2) is 4.98 Å². The first-order valence-electron chi connectivity index (χ1n) is 5.70. The molecule has 1 heterocycles. The van der Waals surface area contributed by atoms with E-state index in [1.54, 1.807) is 36.4 Å². The molecule has 6 heteroatoms. The van der Waals surface area contributed by atoms with Gasteiger partial charge >= 0.3 is 0 Å². The third-order valence-electron chi connectivity index (χ3n) is 2.83. The Morgan fingerprint density at radius 2 is 1.95 bits per heavy atom. The van der Waals surface area contributed by atoms with Gasteiger partial charge in [-0.05, 0) is 36.4 Å². The molecule has 0 unspecified atom stereocenters. The number of aromatic nitrogens is 1. The Labute approximate surface area is 124 Å². The molecule has 1 aromatic heterocycles. The predicted octanol–water partition coefficient (Wildman–Crippen LogP) is 3.90. The zero-order chi connectivity index (χ0) is 14.3. The second-order valence-corrected chi connectivity index (χ2v) is 5.03. The fourth-order valence-corrected chi connectivity index (χ4v) is 2.31. The van der Waals surface area contributed by atoms with Crippen LogP contribution in [0.5, 0.6) is 0 Å². The Balaban J connectivity index is 2.11. The van der Waals surface area contributed by atoms with Gasteiger partial charge in [-0.1, -0.05) is 23.2 Å². The topological polar surface area (TPSA) is 69.1 Å². The highest BCUT2D eigenvalue weighted by atomic mass is 35.5. The minimum absolute atomic E-state index is 0.259. The molecule has 0 saturated carbocycles. The van der Waals surface area contributed by atoms with Crippen LogP contribution >= 0.6 is 23.2 Å². The molecule has 0 aliphatic rings. The number of benzene rings is 2. The lowest BCUT2D eigenvalue weighted by Crippen LogP contribution is -2.11. The Hall–Kier alpha value is -2.04. The molecule has 0 aliphatic carbocycles. The molecule has 4 nitrogen and oxygen atoms in total. The van der Waals surface area contributed by atoms with E-state index in [-0.39, 0.29) is 10.6 Å². The van der Waals surface area contributed by atoms with Crippen molar-refractivity contribution in [3.63, 3.8) is 0 Å². The third-order valence-corrected chi connectivity index (χ3v) is 3.38. The quantitative estimate of drug-likeness (QED) is 0.780. The molecule has 0 radical (unpaired) electrons. The van der Waals surface area contributed by atoms with E-state index in [9.17, 15) is 4.79 Å². The van der Waals surface area contributed by atoms with Crippen LogP contribution in [0.3, 0.4) is 0 Å². The number of nitrogens with zero attached hydrogens (tertiary/aromatic N) is 1. The molecular formula is C14H8Cl2N2O2. The summed E-state index contributed by atoms with van der Waals surface area (Å²) in [5.41, 5.74) is 7.40. The molecule has 2 aromatic carbocycles. The Morgan fingerprint density at radius 3 is 2.65 bits per heavy atom. The standard InChI is InChI=1S/C14H8Cl2N2O2/c15-8-2-4-12-11(6-8)18-14(20-12)7-1-3-9(13(17)19)10(16)5-7/h1-6H,(H2,17,19).